The summed E-state index contributed by atoms with van der Waals surface area (Å²) in [5.74, 6) is 0.495. The fraction of sp³-hybridized carbons (Fsp3) is 0.238. The highest BCUT2D eigenvalue weighted by molar-refractivity contribution is 5.99. The number of aromatic nitrogens is 1. The average molecular weight is 347 g/mol. The highest BCUT2D eigenvalue weighted by Crippen LogP contribution is 2.29. The van der Waals surface area contributed by atoms with Gasteiger partial charge in [0.05, 0.1) is 13.3 Å². The van der Waals surface area contributed by atoms with E-state index >= 15 is 0 Å². The molecule has 2 aromatic carbocycles. The predicted molar refractivity (Wildman–Crippen MR) is 103 cm³/mol. The van der Waals surface area contributed by atoms with Gasteiger partial charge in [-0.15, -0.1) is 0 Å². The van der Waals surface area contributed by atoms with Crippen molar-refractivity contribution in [3.63, 3.8) is 0 Å². The van der Waals surface area contributed by atoms with Gasteiger partial charge in [0, 0.05) is 27.7 Å². The van der Waals surface area contributed by atoms with Gasteiger partial charge in [0.1, 0.15) is 5.75 Å². The van der Waals surface area contributed by atoms with Crippen molar-refractivity contribution in [1.29, 1.82) is 0 Å². The normalized spacial score (nSPS) is 13.7. The van der Waals surface area contributed by atoms with Crippen LogP contribution in [-0.4, -0.2) is 24.2 Å². The number of aryl methyl sites for hydroxylation is 2. The van der Waals surface area contributed by atoms with Crippen LogP contribution >= 0.6 is 0 Å². The van der Waals surface area contributed by atoms with Crippen LogP contribution in [0.25, 0.3) is 10.9 Å². The number of amides is 1. The molecule has 3 aromatic rings. The predicted octanol–water partition coefficient (Wildman–Crippen LogP) is 3.82. The Hall–Kier alpha value is -3.08. The minimum Gasteiger partial charge on any atom is -0.496 e. The van der Waals surface area contributed by atoms with Crippen LogP contribution in [0.4, 0.5) is 0 Å². The second kappa shape index (κ2) is 7.04. The molecule has 5 heteroatoms. The summed E-state index contributed by atoms with van der Waals surface area (Å²) >= 11 is 0. The summed E-state index contributed by atoms with van der Waals surface area (Å²) in [6.45, 7) is 0. The van der Waals surface area contributed by atoms with Gasteiger partial charge in [-0.2, -0.15) is 5.10 Å². The van der Waals surface area contributed by atoms with Crippen LogP contribution < -0.4 is 10.2 Å². The first-order valence-corrected chi connectivity index (χ1v) is 8.86. The second-order valence-electron chi connectivity index (χ2n) is 6.49. The van der Waals surface area contributed by atoms with E-state index in [0.29, 0.717) is 11.3 Å². The summed E-state index contributed by atoms with van der Waals surface area (Å²) in [6, 6.07) is 13.3. The number of benzene rings is 2. The topological polar surface area (TPSA) is 66.5 Å². The molecule has 0 spiro atoms. The van der Waals surface area contributed by atoms with Crippen LogP contribution in [0, 0.1) is 0 Å². The summed E-state index contributed by atoms with van der Waals surface area (Å²) in [5, 5.41) is 5.22. The van der Waals surface area contributed by atoms with Gasteiger partial charge >= 0.3 is 0 Å². The number of carbonyl (C=O) groups is 1. The molecule has 1 heterocycles. The maximum absolute atomic E-state index is 12.5. The zero-order valence-corrected chi connectivity index (χ0v) is 14.7. The number of rotatable bonds is 4. The molecule has 1 amide bonds. The van der Waals surface area contributed by atoms with Crippen LogP contribution in [0.15, 0.2) is 47.6 Å². The minimum atomic E-state index is -0.219. The smallest absolute Gasteiger partial charge is 0.271 e. The summed E-state index contributed by atoms with van der Waals surface area (Å²) in [6.07, 6.45) is 6.19. The second-order valence-corrected chi connectivity index (χ2v) is 6.49. The Labute approximate surface area is 152 Å². The lowest BCUT2D eigenvalue weighted by Gasteiger charge is -2.10. The van der Waals surface area contributed by atoms with Gasteiger partial charge in [-0.1, -0.05) is 12.1 Å². The number of para-hydroxylation sites is 1. The molecule has 0 bridgehead atoms. The van der Waals surface area contributed by atoms with Crippen molar-refractivity contribution in [3.05, 3.63) is 64.8 Å². The first-order valence-electron chi connectivity index (χ1n) is 8.86. The Balaban J connectivity index is 1.54. The third kappa shape index (κ3) is 3.08. The molecule has 0 atom stereocenters. The Morgan fingerprint density at radius 2 is 2.04 bits per heavy atom. The van der Waals surface area contributed by atoms with Crippen LogP contribution in [-0.2, 0) is 12.8 Å². The maximum atomic E-state index is 12.5. The fourth-order valence-corrected chi connectivity index (χ4v) is 3.55. The molecule has 0 radical (unpaired) electrons. The van der Waals surface area contributed by atoms with Crippen molar-refractivity contribution < 1.29 is 9.53 Å². The zero-order chi connectivity index (χ0) is 17.9. The molecule has 0 aliphatic heterocycles. The van der Waals surface area contributed by atoms with E-state index in [0.717, 1.165) is 29.3 Å². The van der Waals surface area contributed by atoms with Gasteiger partial charge in [0.15, 0.2) is 0 Å². The molecule has 1 aliphatic carbocycles. The zero-order valence-electron chi connectivity index (χ0n) is 14.7. The lowest BCUT2D eigenvalue weighted by molar-refractivity contribution is 0.0955. The van der Waals surface area contributed by atoms with Crippen molar-refractivity contribution >= 4 is 23.0 Å². The number of nitrogens with zero attached hydrogens (tertiary/aromatic N) is 1. The average Bonchev–Trinajstić information content (AvgIpc) is 3.06. The highest BCUT2D eigenvalue weighted by Gasteiger charge is 2.16. The molecule has 0 fully saturated rings. The van der Waals surface area contributed by atoms with Crippen molar-refractivity contribution in [2.24, 2.45) is 5.10 Å². The quantitative estimate of drug-likeness (QED) is 0.556. The van der Waals surface area contributed by atoms with Gasteiger partial charge in [-0.25, -0.2) is 5.43 Å². The highest BCUT2D eigenvalue weighted by atomic mass is 16.5. The van der Waals surface area contributed by atoms with Gasteiger partial charge in [0.25, 0.3) is 5.91 Å². The van der Waals surface area contributed by atoms with E-state index in [1.165, 1.54) is 24.1 Å². The molecule has 132 valence electrons. The van der Waals surface area contributed by atoms with Gasteiger partial charge in [-0.3, -0.25) is 4.79 Å². The third-order valence-corrected chi connectivity index (χ3v) is 4.87. The number of aromatic amines is 1. The number of hydrogen-bond acceptors (Lipinski definition) is 3. The molecule has 0 unspecified atom stereocenters. The Morgan fingerprint density at radius 3 is 2.92 bits per heavy atom. The molecule has 1 aromatic heterocycles. The minimum absolute atomic E-state index is 0.219. The van der Waals surface area contributed by atoms with E-state index in [1.807, 2.05) is 42.5 Å². The molecule has 2 N–H and O–H groups in total. The third-order valence-electron chi connectivity index (χ3n) is 4.87. The summed E-state index contributed by atoms with van der Waals surface area (Å²) in [4.78, 5) is 15.9. The van der Waals surface area contributed by atoms with E-state index in [2.05, 4.69) is 15.5 Å². The monoisotopic (exact) mass is 347 g/mol. The van der Waals surface area contributed by atoms with Gasteiger partial charge in [0.2, 0.25) is 0 Å². The Kier molecular flexibility index (Phi) is 4.44. The summed E-state index contributed by atoms with van der Waals surface area (Å²) in [5.41, 5.74) is 7.80. The largest absolute Gasteiger partial charge is 0.496 e. The van der Waals surface area contributed by atoms with E-state index < -0.39 is 0 Å². The number of carbonyl (C=O) groups excluding carboxylic acids is 1. The number of fused-ring (bicyclic) bond motifs is 3. The molecular formula is C21H21N3O2. The molecular weight excluding hydrogens is 326 g/mol. The number of hydrazone groups is 1. The lowest BCUT2D eigenvalue weighted by Crippen LogP contribution is -2.17. The molecule has 0 saturated heterocycles. The number of H-pyrrole nitrogens is 1. The lowest BCUT2D eigenvalue weighted by atomic mass is 9.95. The van der Waals surface area contributed by atoms with Crippen LogP contribution in [0.1, 0.15) is 40.0 Å². The van der Waals surface area contributed by atoms with Gasteiger partial charge < -0.3 is 9.72 Å². The van der Waals surface area contributed by atoms with Crippen LogP contribution in [0.5, 0.6) is 5.75 Å². The van der Waals surface area contributed by atoms with Crippen LogP contribution in [0.3, 0.4) is 0 Å². The molecule has 5 nitrogen and oxygen atoms in total. The summed E-state index contributed by atoms with van der Waals surface area (Å²) in [7, 11) is 1.61. The molecule has 1 aliphatic rings. The van der Waals surface area contributed by atoms with E-state index in [4.69, 9.17) is 4.74 Å². The van der Waals surface area contributed by atoms with E-state index in [1.54, 1.807) is 13.3 Å². The van der Waals surface area contributed by atoms with E-state index in [-0.39, 0.29) is 5.91 Å². The number of hydrogen-bond donors (Lipinski definition) is 2. The Bertz CT molecular complexity index is 988. The first-order chi connectivity index (χ1) is 12.8. The SMILES string of the molecule is COc1ccccc1/C=N/NC(=O)c1ccc2[nH]c3c(c2c1)CCCC3. The first kappa shape index (κ1) is 16.4. The van der Waals surface area contributed by atoms with Crippen molar-refractivity contribution in [2.75, 3.05) is 7.11 Å². The summed E-state index contributed by atoms with van der Waals surface area (Å²) < 4.78 is 5.27. The fourth-order valence-electron chi connectivity index (χ4n) is 3.55. The van der Waals surface area contributed by atoms with Crippen molar-refractivity contribution in [1.82, 2.24) is 10.4 Å². The standard InChI is InChI=1S/C21H21N3O2/c1-26-20-9-5-2-6-15(20)13-22-24-21(25)14-10-11-19-17(12-14)16-7-3-4-8-18(16)23-19/h2,5-6,9-13,23H,3-4,7-8H2,1H3,(H,24,25)/b22-13+. The number of ether oxygens (including phenoxy) is 1. The number of methoxy groups -OCH3 is 1. The molecule has 4 rings (SSSR count). The van der Waals surface area contributed by atoms with E-state index in [9.17, 15) is 4.79 Å². The maximum Gasteiger partial charge on any atom is 0.271 e. The number of nitrogens with one attached hydrogen (secondary N) is 2. The Morgan fingerprint density at radius 1 is 1.19 bits per heavy atom. The van der Waals surface area contributed by atoms with Crippen molar-refractivity contribution in [3.8, 4) is 5.75 Å². The molecule has 0 saturated carbocycles. The van der Waals surface area contributed by atoms with Gasteiger partial charge in [-0.05, 0) is 61.6 Å². The molecule has 26 heavy (non-hydrogen) atoms. The van der Waals surface area contributed by atoms with Crippen LogP contribution in [0.2, 0.25) is 0 Å². The van der Waals surface area contributed by atoms with Crippen molar-refractivity contribution in [2.45, 2.75) is 25.7 Å².